The number of methoxy groups -OCH3 is 2. The van der Waals surface area contributed by atoms with Crippen molar-refractivity contribution in [1.29, 1.82) is 0 Å². The Morgan fingerprint density at radius 2 is 0.540 bits per heavy atom. The first-order chi connectivity index (χ1) is 67.7. The van der Waals surface area contributed by atoms with Crippen LogP contribution < -0.4 is 29.4 Å². The minimum absolute atomic E-state index is 0.266. The molecular formula is C112H171Cl2N11O14. The SMILES string of the molecule is C/C(Cl)=N/OCc1ccccc1.C/C(Cl)=N/Oc1ccccc1.C/C=N/OCc1ccccc1.C/C=N/Oc1ccccc1.CC.CC.CC.CC.CC.CC.CC.CC.CC.CC.CC(C)=NOCc1ccccc1.CC(C)=NOc1ccccc1.CO/C(C)=N\OCc1ccccc1.CO/C(C)=N\Oc1ccccc1.CO/N=C(/C)C(=O)Nc1ccccc1.CO/N=C(/C)COc1ccccc1. The van der Waals surface area contributed by atoms with Crippen molar-refractivity contribution < 1.29 is 67.4 Å². The molecule has 1 amide bonds. The van der Waals surface area contributed by atoms with Gasteiger partial charge in [0.05, 0.1) is 31.4 Å². The molecule has 0 aliphatic carbocycles. The number of benzene rings is 10. The number of oxime groups is 10. The van der Waals surface area contributed by atoms with Crippen molar-refractivity contribution in [3.63, 3.8) is 0 Å². The van der Waals surface area contributed by atoms with Crippen molar-refractivity contribution in [2.45, 2.75) is 248 Å². The van der Waals surface area contributed by atoms with E-state index in [0.29, 0.717) is 66.7 Å². The Morgan fingerprint density at radius 1 is 0.281 bits per heavy atom. The number of anilines is 1. The normalized spacial score (nSPS) is 9.45. The van der Waals surface area contributed by atoms with E-state index < -0.39 is 0 Å². The third-order valence-electron chi connectivity index (χ3n) is 12.9. The number of hydrogen-bond donors (Lipinski definition) is 1. The third kappa shape index (κ3) is 108. The van der Waals surface area contributed by atoms with Gasteiger partial charge in [-0.25, -0.2) is 0 Å². The Bertz CT molecular complexity index is 4340. The summed E-state index contributed by atoms with van der Waals surface area (Å²) in [6.45, 7) is 64.0. The maximum absolute atomic E-state index is 11.4. The van der Waals surface area contributed by atoms with Crippen molar-refractivity contribution >= 4 is 92.2 Å². The summed E-state index contributed by atoms with van der Waals surface area (Å²) in [7, 11) is 6.03. The van der Waals surface area contributed by atoms with Crippen LogP contribution in [0.25, 0.3) is 0 Å². The lowest BCUT2D eigenvalue weighted by Crippen LogP contribution is -2.20. The summed E-state index contributed by atoms with van der Waals surface area (Å²) in [6.07, 6.45) is 3.23. The van der Waals surface area contributed by atoms with Crippen LogP contribution in [-0.2, 0) is 69.7 Å². The smallest absolute Gasteiger partial charge is 0.273 e. The van der Waals surface area contributed by atoms with Crippen LogP contribution >= 0.6 is 23.2 Å². The number of carbonyl (C=O) groups excluding carboxylic acids is 1. The van der Waals surface area contributed by atoms with Gasteiger partial charge in [-0.2, -0.15) is 0 Å². The number of rotatable bonds is 27. The van der Waals surface area contributed by atoms with E-state index in [0.717, 1.165) is 62.3 Å². The van der Waals surface area contributed by atoms with Crippen LogP contribution in [0.4, 0.5) is 5.69 Å². The Kier molecular flexibility index (Phi) is 128. The lowest BCUT2D eigenvalue weighted by atomic mass is 10.2. The number of nitrogens with zero attached hydrogens (tertiary/aromatic N) is 10. The van der Waals surface area contributed by atoms with Crippen LogP contribution in [0.15, 0.2) is 355 Å². The highest BCUT2D eigenvalue weighted by molar-refractivity contribution is 6.65. The highest BCUT2D eigenvalue weighted by Gasteiger charge is 2.06. The molecule has 0 aliphatic rings. The standard InChI is InChI=1S/C10H12N2O2.2C10H13NO2.C10H13NO.C9H10ClNO.C9H11NO2.2C9H11NO.C8H8ClNO.C8H9NO.10C2H6/c1-8(12-14-2)10(13)11-9-6-4-3-5-7-9;1-9(12-2)11-13-8-10-6-4-3-5-7-10;1-9(11-12-2)8-13-10-6-4-3-5-7-10;1-9(2)11-12-8-10-6-4-3-5-7-10;1-8(10)11-12-7-9-5-3-2-4-6-9;1-8(11-2)10-12-9-6-4-3-5-7-9;1-8(2)10-11-9-6-4-3-5-7-9;1-2-10-11-8-9-6-4-3-5-7-9;1-7(9)10-11-8-5-3-2-4-6-8;1-2-9-10-8-6-4-3-5-7-8;10*1-2/h3-7H,1-2H3,(H,11,13);2*3-7H,8H2,1-2H3;3-7H,8H2,1-2H3;2-6H,7H2,1H3;3-7H,1-2H3;3-7H,1-2H3;2-7H,8H2,1H3;2-6H,1H3;2-7H,1H3;10*1-2H3/b12-8-;2*11-9-;;11-8-;10-8-;;10-2+;10-7-;9-2+;;;;;;;;;;. The van der Waals surface area contributed by atoms with Crippen LogP contribution in [0, 0.1) is 0 Å². The second-order valence-electron chi connectivity index (χ2n) is 23.6. The number of hydrogen-bond acceptors (Lipinski definition) is 24. The average Bonchev–Trinajstić information content (AvgIpc) is 0.913. The van der Waals surface area contributed by atoms with Gasteiger partial charge in [-0.1, -0.05) is 439 Å². The molecule has 27 heteroatoms. The predicted molar refractivity (Wildman–Crippen MR) is 598 cm³/mol. The molecule has 0 fully saturated rings. The number of amides is 1. The van der Waals surface area contributed by atoms with Crippen molar-refractivity contribution in [3.05, 3.63) is 326 Å². The lowest BCUT2D eigenvalue weighted by Gasteiger charge is -2.04. The van der Waals surface area contributed by atoms with Gasteiger partial charge in [-0.3, -0.25) is 4.79 Å². The fraction of sp³-hybridized carbons (Fsp3) is 0.366. The highest BCUT2D eigenvalue weighted by Crippen LogP contribution is 2.14. The molecule has 0 aromatic heterocycles. The van der Waals surface area contributed by atoms with E-state index in [-0.39, 0.29) is 11.6 Å². The number of halogens is 2. The average molecular weight is 1970 g/mol. The zero-order valence-electron chi connectivity index (χ0n) is 90.5. The summed E-state index contributed by atoms with van der Waals surface area (Å²) in [6, 6.07) is 95.9. The van der Waals surface area contributed by atoms with Gasteiger partial charge in [-0.05, 0) is 169 Å². The molecule has 772 valence electrons. The minimum atomic E-state index is -0.266. The topological polar surface area (TPSA) is 273 Å². The first kappa shape index (κ1) is 146. The Labute approximate surface area is 848 Å². The second kappa shape index (κ2) is 122. The van der Waals surface area contributed by atoms with E-state index in [1.165, 1.54) is 14.2 Å². The van der Waals surface area contributed by atoms with Gasteiger partial charge < -0.3 is 67.9 Å². The van der Waals surface area contributed by atoms with E-state index in [9.17, 15) is 4.79 Å². The van der Waals surface area contributed by atoms with Crippen molar-refractivity contribution in [1.82, 2.24) is 0 Å². The third-order valence-corrected chi connectivity index (χ3v) is 13.0. The molecule has 0 saturated heterocycles. The summed E-state index contributed by atoms with van der Waals surface area (Å²) in [4.78, 5) is 60.4. The molecule has 0 spiro atoms. The molecule has 0 bridgehead atoms. The molecule has 25 nitrogen and oxygen atoms in total. The molecule has 139 heavy (non-hydrogen) atoms. The maximum atomic E-state index is 11.4. The number of para-hydroxylation sites is 6. The molecule has 10 aromatic carbocycles. The van der Waals surface area contributed by atoms with Crippen molar-refractivity contribution in [3.8, 4) is 28.7 Å². The van der Waals surface area contributed by atoms with Crippen LogP contribution in [-0.4, -0.2) is 98.4 Å². The van der Waals surface area contributed by atoms with Crippen molar-refractivity contribution in [2.75, 3.05) is 40.4 Å². The van der Waals surface area contributed by atoms with Crippen LogP contribution in [0.2, 0.25) is 0 Å². The Balaban J connectivity index is -0.000000163. The first-order valence-corrected chi connectivity index (χ1v) is 47.8. The van der Waals surface area contributed by atoms with Crippen molar-refractivity contribution in [2.24, 2.45) is 51.6 Å². The summed E-state index contributed by atoms with van der Waals surface area (Å²) in [5.74, 6) is 4.52. The van der Waals surface area contributed by atoms with Gasteiger partial charge in [0.15, 0.2) is 23.0 Å². The first-order valence-electron chi connectivity index (χ1n) is 47.0. The van der Waals surface area contributed by atoms with E-state index >= 15 is 0 Å². The Hall–Kier alpha value is -13.7. The quantitative estimate of drug-likeness (QED) is 0.0285. The van der Waals surface area contributed by atoms with Crippen LogP contribution in [0.3, 0.4) is 0 Å². The van der Waals surface area contributed by atoms with Crippen LogP contribution in [0.1, 0.15) is 244 Å². The van der Waals surface area contributed by atoms with E-state index in [2.05, 4.69) is 66.5 Å². The molecule has 10 rings (SSSR count). The zero-order chi connectivity index (χ0) is 107. The molecule has 10 aromatic rings. The molecule has 0 heterocycles. The minimum Gasteiger partial charge on any atom is -0.488 e. The zero-order valence-corrected chi connectivity index (χ0v) is 92.0. The number of carbonyl (C=O) groups is 1. The Morgan fingerprint density at radius 3 is 0.835 bits per heavy atom. The summed E-state index contributed by atoms with van der Waals surface area (Å²) in [5, 5.41) is 40.3. The molecule has 0 saturated carbocycles. The fourth-order valence-electron chi connectivity index (χ4n) is 7.41. The summed E-state index contributed by atoms with van der Waals surface area (Å²) < 4.78 is 15.0. The maximum Gasteiger partial charge on any atom is 0.273 e. The van der Waals surface area contributed by atoms with E-state index in [1.54, 1.807) is 73.4 Å². The highest BCUT2D eigenvalue weighted by atomic mass is 35.5. The predicted octanol–water partition coefficient (Wildman–Crippen LogP) is 33.0. The summed E-state index contributed by atoms with van der Waals surface area (Å²) >= 11 is 10.9. The largest absolute Gasteiger partial charge is 0.488 e. The second-order valence-corrected chi connectivity index (χ2v) is 24.6. The van der Waals surface area contributed by atoms with Gasteiger partial charge >= 0.3 is 0 Å². The van der Waals surface area contributed by atoms with Gasteiger partial charge in [-0.15, -0.1) is 0 Å². The number of nitrogens with one attached hydrogen (secondary N) is 1. The fourth-order valence-corrected chi connectivity index (χ4v) is 7.49. The molecule has 0 atom stereocenters. The van der Waals surface area contributed by atoms with Gasteiger partial charge in [0.1, 0.15) is 69.1 Å². The van der Waals surface area contributed by atoms with Gasteiger partial charge in [0, 0.05) is 32.0 Å². The molecule has 0 unspecified atom stereocenters. The monoisotopic (exact) mass is 1960 g/mol. The van der Waals surface area contributed by atoms with Crippen LogP contribution in [0.5, 0.6) is 28.7 Å². The molecule has 0 aliphatic heterocycles. The summed E-state index contributed by atoms with van der Waals surface area (Å²) in [5.41, 5.74) is 8.14. The lowest BCUT2D eigenvalue weighted by molar-refractivity contribution is -0.110. The molecule has 0 radical (unpaired) electrons. The van der Waals surface area contributed by atoms with Gasteiger partial charge in [0.2, 0.25) is 11.8 Å². The molecule has 1 N–H and O–H groups in total. The van der Waals surface area contributed by atoms with Gasteiger partial charge in [0.25, 0.3) is 5.91 Å². The van der Waals surface area contributed by atoms with E-state index in [1.807, 2.05) is 478 Å². The van der Waals surface area contributed by atoms with E-state index in [4.69, 9.17) is 76.1 Å². The number of ether oxygens (including phenoxy) is 3. The molecular weight excluding hydrogens is 1790 g/mol.